The normalized spacial score (nSPS) is 13.0. The molecule has 0 aromatic carbocycles. The molecule has 0 atom stereocenters. The monoisotopic (exact) mass is 325 g/mol. The molecule has 0 spiro atoms. The van der Waals surface area contributed by atoms with Crippen LogP contribution in [0.4, 0.5) is 5.82 Å². The fourth-order valence-corrected chi connectivity index (χ4v) is 2.89. The summed E-state index contributed by atoms with van der Waals surface area (Å²) in [5.41, 5.74) is 1.90. The fraction of sp³-hybridized carbons (Fsp3) is 0.250. The van der Waals surface area contributed by atoms with Gasteiger partial charge in [0.1, 0.15) is 11.5 Å². The number of carbonyl (C=O) groups excluding carboxylic acids is 1. The molecule has 24 heavy (non-hydrogen) atoms. The van der Waals surface area contributed by atoms with Gasteiger partial charge in [-0.2, -0.15) is 9.78 Å². The molecule has 0 fully saturated rings. The van der Waals surface area contributed by atoms with Crippen LogP contribution in [0.3, 0.4) is 0 Å². The van der Waals surface area contributed by atoms with E-state index in [2.05, 4.69) is 20.4 Å². The number of anilines is 1. The van der Waals surface area contributed by atoms with Crippen molar-refractivity contribution >= 4 is 11.7 Å². The van der Waals surface area contributed by atoms with Gasteiger partial charge in [0.25, 0.3) is 5.56 Å². The van der Waals surface area contributed by atoms with E-state index in [9.17, 15) is 9.59 Å². The van der Waals surface area contributed by atoms with Crippen molar-refractivity contribution in [2.45, 2.75) is 26.2 Å². The molecule has 1 amide bonds. The molecule has 122 valence electrons. The minimum Gasteiger partial charge on any atom is -0.463 e. The van der Waals surface area contributed by atoms with Gasteiger partial charge in [0.15, 0.2) is 5.76 Å². The number of aromatic amines is 1. The Morgan fingerprint density at radius 2 is 2.29 bits per heavy atom. The first-order valence-corrected chi connectivity index (χ1v) is 7.66. The zero-order valence-electron chi connectivity index (χ0n) is 13.0. The second kappa shape index (κ2) is 5.48. The smallest absolute Gasteiger partial charge is 0.255 e. The summed E-state index contributed by atoms with van der Waals surface area (Å²) in [5, 5.41) is 7.12. The Balaban J connectivity index is 1.86. The molecule has 0 saturated heterocycles. The van der Waals surface area contributed by atoms with Gasteiger partial charge in [0.2, 0.25) is 11.9 Å². The van der Waals surface area contributed by atoms with E-state index >= 15 is 0 Å². The summed E-state index contributed by atoms with van der Waals surface area (Å²) in [6.45, 7) is 1.41. The molecule has 3 aromatic rings. The van der Waals surface area contributed by atoms with E-state index in [0.29, 0.717) is 17.3 Å². The molecule has 0 aliphatic heterocycles. The fourth-order valence-electron chi connectivity index (χ4n) is 2.89. The van der Waals surface area contributed by atoms with Crippen LogP contribution in [0.1, 0.15) is 24.6 Å². The number of H-pyrrole nitrogens is 1. The molecule has 3 aromatic heterocycles. The van der Waals surface area contributed by atoms with E-state index in [0.717, 1.165) is 30.5 Å². The number of rotatable bonds is 3. The number of amides is 1. The Morgan fingerprint density at radius 1 is 1.42 bits per heavy atom. The molecule has 1 aliphatic carbocycles. The van der Waals surface area contributed by atoms with Gasteiger partial charge in [-0.3, -0.25) is 14.6 Å². The first-order chi connectivity index (χ1) is 11.6. The van der Waals surface area contributed by atoms with E-state index in [1.807, 2.05) is 0 Å². The van der Waals surface area contributed by atoms with Gasteiger partial charge in [0, 0.05) is 18.6 Å². The predicted molar refractivity (Wildman–Crippen MR) is 86.0 cm³/mol. The van der Waals surface area contributed by atoms with Gasteiger partial charge >= 0.3 is 0 Å². The molecule has 4 rings (SSSR count). The molecular formula is C16H15N5O3. The number of nitrogens with zero attached hydrogens (tertiary/aromatic N) is 3. The lowest BCUT2D eigenvalue weighted by atomic mass is 10.3. The lowest BCUT2D eigenvalue weighted by Crippen LogP contribution is -2.20. The largest absolute Gasteiger partial charge is 0.463 e. The molecule has 0 radical (unpaired) electrons. The number of hydrogen-bond acceptors (Lipinski definition) is 5. The Morgan fingerprint density at radius 3 is 3.04 bits per heavy atom. The molecular weight excluding hydrogens is 310 g/mol. The van der Waals surface area contributed by atoms with Crippen LogP contribution >= 0.6 is 0 Å². The number of carbonyl (C=O) groups is 1. The highest BCUT2D eigenvalue weighted by Crippen LogP contribution is 2.24. The van der Waals surface area contributed by atoms with Crippen molar-refractivity contribution in [3.05, 3.63) is 46.1 Å². The van der Waals surface area contributed by atoms with Crippen molar-refractivity contribution in [1.82, 2.24) is 19.7 Å². The second-order valence-electron chi connectivity index (χ2n) is 5.65. The molecule has 8 nitrogen and oxygen atoms in total. The molecule has 0 unspecified atom stereocenters. The minimum atomic E-state index is -0.245. The number of furan rings is 1. The zero-order chi connectivity index (χ0) is 16.7. The number of fused-ring (bicyclic) bond motifs is 1. The summed E-state index contributed by atoms with van der Waals surface area (Å²) in [6, 6.07) is 5.19. The van der Waals surface area contributed by atoms with E-state index in [1.54, 1.807) is 24.5 Å². The highest BCUT2D eigenvalue weighted by Gasteiger charge is 2.20. The highest BCUT2D eigenvalue weighted by atomic mass is 16.3. The van der Waals surface area contributed by atoms with Gasteiger partial charge in [-0.1, -0.05) is 0 Å². The van der Waals surface area contributed by atoms with Crippen molar-refractivity contribution in [2.24, 2.45) is 0 Å². The summed E-state index contributed by atoms with van der Waals surface area (Å²) in [6.07, 6.45) is 3.98. The summed E-state index contributed by atoms with van der Waals surface area (Å²) in [7, 11) is 0. The van der Waals surface area contributed by atoms with Crippen LogP contribution in [-0.2, 0) is 17.6 Å². The Kier molecular flexibility index (Phi) is 3.30. The van der Waals surface area contributed by atoms with Gasteiger partial charge in [0.05, 0.1) is 12.0 Å². The number of aromatic nitrogens is 4. The van der Waals surface area contributed by atoms with Crippen LogP contribution in [-0.4, -0.2) is 25.7 Å². The topological polar surface area (TPSA) is 106 Å². The summed E-state index contributed by atoms with van der Waals surface area (Å²) >= 11 is 0. The van der Waals surface area contributed by atoms with E-state index in [1.165, 1.54) is 11.6 Å². The van der Waals surface area contributed by atoms with Crippen molar-refractivity contribution < 1.29 is 9.21 Å². The average molecular weight is 325 g/mol. The third-order valence-corrected chi connectivity index (χ3v) is 3.92. The quantitative estimate of drug-likeness (QED) is 0.762. The van der Waals surface area contributed by atoms with Crippen LogP contribution in [0.15, 0.2) is 33.7 Å². The standard InChI is InChI=1S/C16H15N5O3/c1-9(22)17-14-8-12(13-6-3-7-24-13)20-21(14)16-18-11-5-2-4-10(11)15(23)19-16/h3,6-8H,2,4-5H2,1H3,(H,17,22)(H,18,19,23). The number of nitrogens with one attached hydrogen (secondary N) is 2. The van der Waals surface area contributed by atoms with Crippen molar-refractivity contribution in [2.75, 3.05) is 5.32 Å². The van der Waals surface area contributed by atoms with Crippen molar-refractivity contribution in [1.29, 1.82) is 0 Å². The Hall–Kier alpha value is -3.16. The highest BCUT2D eigenvalue weighted by molar-refractivity contribution is 5.88. The van der Waals surface area contributed by atoms with Crippen LogP contribution in [0.25, 0.3) is 17.4 Å². The predicted octanol–water partition coefficient (Wildman–Crippen LogP) is 1.66. The maximum atomic E-state index is 12.2. The summed E-state index contributed by atoms with van der Waals surface area (Å²) < 4.78 is 6.76. The molecule has 0 bridgehead atoms. The Labute approximate surface area is 136 Å². The lowest BCUT2D eigenvalue weighted by Gasteiger charge is -2.07. The maximum absolute atomic E-state index is 12.2. The summed E-state index contributed by atoms with van der Waals surface area (Å²) in [5.74, 6) is 1.01. The molecule has 0 saturated carbocycles. The SMILES string of the molecule is CC(=O)Nc1cc(-c2ccco2)nn1-c1nc2c(c(=O)[nH]1)CCC2. The number of aryl methyl sites for hydroxylation is 1. The zero-order valence-corrected chi connectivity index (χ0v) is 13.0. The van der Waals surface area contributed by atoms with Crippen LogP contribution < -0.4 is 10.9 Å². The molecule has 8 heteroatoms. The van der Waals surface area contributed by atoms with E-state index < -0.39 is 0 Å². The van der Waals surface area contributed by atoms with E-state index in [-0.39, 0.29) is 17.4 Å². The molecule has 3 heterocycles. The van der Waals surface area contributed by atoms with Gasteiger partial charge < -0.3 is 9.73 Å². The first-order valence-electron chi connectivity index (χ1n) is 7.66. The molecule has 2 N–H and O–H groups in total. The first kappa shape index (κ1) is 14.4. The van der Waals surface area contributed by atoms with Crippen LogP contribution in [0, 0.1) is 0 Å². The van der Waals surface area contributed by atoms with Gasteiger partial charge in [-0.25, -0.2) is 4.98 Å². The second-order valence-corrected chi connectivity index (χ2v) is 5.65. The number of hydrogen-bond donors (Lipinski definition) is 2. The third-order valence-electron chi connectivity index (χ3n) is 3.92. The van der Waals surface area contributed by atoms with E-state index in [4.69, 9.17) is 4.42 Å². The molecule has 1 aliphatic rings. The van der Waals surface area contributed by atoms with Gasteiger partial charge in [-0.05, 0) is 31.4 Å². The van der Waals surface area contributed by atoms with Crippen molar-refractivity contribution in [3.8, 4) is 17.4 Å². The van der Waals surface area contributed by atoms with Crippen molar-refractivity contribution in [3.63, 3.8) is 0 Å². The lowest BCUT2D eigenvalue weighted by molar-refractivity contribution is -0.114. The van der Waals surface area contributed by atoms with Crippen LogP contribution in [0.5, 0.6) is 0 Å². The van der Waals surface area contributed by atoms with Gasteiger partial charge in [-0.15, -0.1) is 0 Å². The minimum absolute atomic E-state index is 0.156. The Bertz CT molecular complexity index is 968. The van der Waals surface area contributed by atoms with Crippen LogP contribution in [0.2, 0.25) is 0 Å². The third kappa shape index (κ3) is 2.41. The maximum Gasteiger partial charge on any atom is 0.255 e. The average Bonchev–Trinajstić information content (AvgIpc) is 3.26. The summed E-state index contributed by atoms with van der Waals surface area (Å²) in [4.78, 5) is 31.0.